The molecule has 0 radical (unpaired) electrons. The summed E-state index contributed by atoms with van der Waals surface area (Å²) in [5.74, 6) is 0.478. The Balaban J connectivity index is 2.31. The first kappa shape index (κ1) is 14.1. The van der Waals surface area contributed by atoms with E-state index in [9.17, 15) is 10.1 Å². The van der Waals surface area contributed by atoms with Crippen LogP contribution in [0.4, 0.5) is 11.4 Å². The molecule has 1 N–H and O–H groups in total. The Hall–Kier alpha value is -2.34. The largest absolute Gasteiger partial charge is 0.448 e. The van der Waals surface area contributed by atoms with E-state index in [0.717, 1.165) is 12.2 Å². The molecule has 0 bridgehead atoms. The summed E-state index contributed by atoms with van der Waals surface area (Å²) < 4.78 is 5.51. The quantitative estimate of drug-likeness (QED) is 0.669. The van der Waals surface area contributed by atoms with Gasteiger partial charge < -0.3 is 10.1 Å². The smallest absolute Gasteiger partial charge is 0.311 e. The summed E-state index contributed by atoms with van der Waals surface area (Å²) >= 11 is 5.84. The molecule has 2 aromatic rings. The van der Waals surface area contributed by atoms with Crippen LogP contribution in [0.3, 0.4) is 0 Å². The average Bonchev–Trinajstić information content (AvgIpc) is 2.39. The van der Waals surface area contributed by atoms with E-state index < -0.39 is 4.92 Å². The number of nitrogens with one attached hydrogen (secondary N) is 1. The number of halogens is 1. The maximum atomic E-state index is 10.9. The molecular weight excluding hydrogens is 282 g/mol. The van der Waals surface area contributed by atoms with Gasteiger partial charge in [0.25, 0.3) is 0 Å². The Morgan fingerprint density at radius 3 is 2.90 bits per heavy atom. The van der Waals surface area contributed by atoms with Crippen molar-refractivity contribution in [2.45, 2.75) is 6.92 Å². The first-order valence-electron chi connectivity index (χ1n) is 5.91. The highest BCUT2D eigenvalue weighted by Crippen LogP contribution is 2.34. The second-order valence-electron chi connectivity index (χ2n) is 3.91. The highest BCUT2D eigenvalue weighted by Gasteiger charge is 2.16. The fourth-order valence-corrected chi connectivity index (χ4v) is 1.79. The maximum absolute atomic E-state index is 10.9. The van der Waals surface area contributed by atoms with E-state index in [0.29, 0.717) is 10.8 Å². The summed E-state index contributed by atoms with van der Waals surface area (Å²) in [5.41, 5.74) is 0.623. The van der Waals surface area contributed by atoms with E-state index >= 15 is 0 Å². The monoisotopic (exact) mass is 293 g/mol. The Bertz CT molecular complexity index is 634. The Morgan fingerprint density at radius 2 is 2.20 bits per heavy atom. The number of benzene rings is 1. The predicted octanol–water partition coefficient (Wildman–Crippen LogP) is 3.87. The van der Waals surface area contributed by atoms with Gasteiger partial charge in [-0.25, -0.2) is 0 Å². The third-order valence-electron chi connectivity index (χ3n) is 2.44. The Kier molecular flexibility index (Phi) is 4.37. The predicted molar refractivity (Wildman–Crippen MR) is 76.6 cm³/mol. The van der Waals surface area contributed by atoms with Crippen molar-refractivity contribution in [3.8, 4) is 11.5 Å². The van der Waals surface area contributed by atoms with Crippen LogP contribution in [0.15, 0.2) is 36.7 Å². The maximum Gasteiger partial charge on any atom is 0.311 e. The number of hydrogen-bond acceptors (Lipinski definition) is 5. The highest BCUT2D eigenvalue weighted by molar-refractivity contribution is 6.30. The van der Waals surface area contributed by atoms with Crippen molar-refractivity contribution >= 4 is 23.0 Å². The zero-order chi connectivity index (χ0) is 14.5. The van der Waals surface area contributed by atoms with Gasteiger partial charge in [0.15, 0.2) is 0 Å². The normalized spacial score (nSPS) is 10.1. The van der Waals surface area contributed by atoms with Crippen LogP contribution < -0.4 is 10.1 Å². The molecule has 0 saturated heterocycles. The molecular formula is C13H12ClN3O3. The van der Waals surface area contributed by atoms with Gasteiger partial charge in [-0.05, 0) is 13.0 Å². The molecule has 0 atom stereocenters. The molecule has 0 saturated carbocycles. The molecule has 1 aromatic carbocycles. The van der Waals surface area contributed by atoms with E-state index in [4.69, 9.17) is 16.3 Å². The number of nitro benzene ring substituents is 1. The summed E-state index contributed by atoms with van der Waals surface area (Å²) in [6.45, 7) is 2.69. The van der Waals surface area contributed by atoms with Crippen LogP contribution >= 0.6 is 11.6 Å². The molecule has 0 spiro atoms. The van der Waals surface area contributed by atoms with Crippen LogP contribution in [0, 0.1) is 10.1 Å². The lowest BCUT2D eigenvalue weighted by Gasteiger charge is -2.08. The standard InChI is InChI=1S/C13H12ClN3O3/c1-2-16-10-6-11(8-15-7-10)20-13-5-9(14)3-4-12(13)17(18)19/h3-8,16H,2H2,1H3. The van der Waals surface area contributed by atoms with Crippen LogP contribution in [0.2, 0.25) is 5.02 Å². The average molecular weight is 294 g/mol. The van der Waals surface area contributed by atoms with Crippen molar-refractivity contribution in [1.82, 2.24) is 4.98 Å². The molecule has 6 nitrogen and oxygen atoms in total. The minimum Gasteiger partial charge on any atom is -0.448 e. The molecule has 1 aromatic heterocycles. The van der Waals surface area contributed by atoms with E-state index in [2.05, 4.69) is 10.3 Å². The van der Waals surface area contributed by atoms with Gasteiger partial charge in [0, 0.05) is 29.8 Å². The summed E-state index contributed by atoms with van der Waals surface area (Å²) in [6.07, 6.45) is 3.12. The van der Waals surface area contributed by atoms with Gasteiger partial charge in [-0.1, -0.05) is 11.6 Å². The molecule has 1 heterocycles. The molecule has 0 fully saturated rings. The van der Waals surface area contributed by atoms with Crippen molar-refractivity contribution in [3.63, 3.8) is 0 Å². The van der Waals surface area contributed by atoms with Crippen LogP contribution in [-0.2, 0) is 0 Å². The zero-order valence-corrected chi connectivity index (χ0v) is 11.4. The first-order chi connectivity index (χ1) is 9.60. The first-order valence-corrected chi connectivity index (χ1v) is 6.28. The second-order valence-corrected chi connectivity index (χ2v) is 4.35. The number of hydrogen-bond donors (Lipinski definition) is 1. The van der Waals surface area contributed by atoms with Gasteiger partial charge in [-0.3, -0.25) is 15.1 Å². The number of pyridine rings is 1. The number of rotatable bonds is 5. The van der Waals surface area contributed by atoms with E-state index in [1.165, 1.54) is 24.4 Å². The number of anilines is 1. The van der Waals surface area contributed by atoms with Crippen molar-refractivity contribution in [2.24, 2.45) is 0 Å². The van der Waals surface area contributed by atoms with E-state index in [-0.39, 0.29) is 11.4 Å². The third-order valence-corrected chi connectivity index (χ3v) is 2.68. The van der Waals surface area contributed by atoms with Gasteiger partial charge in [0.1, 0.15) is 5.75 Å². The number of nitrogens with zero attached hydrogens (tertiary/aromatic N) is 2. The van der Waals surface area contributed by atoms with Crippen molar-refractivity contribution in [3.05, 3.63) is 51.8 Å². The van der Waals surface area contributed by atoms with Gasteiger partial charge in [-0.2, -0.15) is 0 Å². The SMILES string of the molecule is CCNc1cncc(Oc2cc(Cl)ccc2[N+](=O)[O-])c1. The number of ether oxygens (including phenoxy) is 1. The molecule has 20 heavy (non-hydrogen) atoms. The molecule has 0 amide bonds. The summed E-state index contributed by atoms with van der Waals surface area (Å²) in [4.78, 5) is 14.4. The fraction of sp³-hybridized carbons (Fsp3) is 0.154. The van der Waals surface area contributed by atoms with Crippen molar-refractivity contribution in [2.75, 3.05) is 11.9 Å². The highest BCUT2D eigenvalue weighted by atomic mass is 35.5. The van der Waals surface area contributed by atoms with Crippen LogP contribution in [-0.4, -0.2) is 16.5 Å². The minimum atomic E-state index is -0.521. The van der Waals surface area contributed by atoms with Crippen LogP contribution in [0.1, 0.15) is 6.92 Å². The molecule has 0 aliphatic carbocycles. The van der Waals surface area contributed by atoms with Gasteiger partial charge in [0.2, 0.25) is 5.75 Å². The molecule has 104 valence electrons. The summed E-state index contributed by atoms with van der Waals surface area (Å²) in [6, 6.07) is 5.86. The number of nitro groups is 1. The Labute approximate surface area is 120 Å². The lowest BCUT2D eigenvalue weighted by Crippen LogP contribution is -1.98. The lowest BCUT2D eigenvalue weighted by atomic mass is 10.3. The molecule has 7 heteroatoms. The van der Waals surface area contributed by atoms with Crippen LogP contribution in [0.25, 0.3) is 0 Å². The molecule has 0 aliphatic heterocycles. The van der Waals surface area contributed by atoms with E-state index in [1.807, 2.05) is 6.92 Å². The van der Waals surface area contributed by atoms with Gasteiger partial charge in [-0.15, -0.1) is 0 Å². The van der Waals surface area contributed by atoms with Crippen molar-refractivity contribution in [1.29, 1.82) is 0 Å². The summed E-state index contributed by atoms with van der Waals surface area (Å²) in [7, 11) is 0. The Morgan fingerprint density at radius 1 is 1.40 bits per heavy atom. The molecule has 2 rings (SSSR count). The topological polar surface area (TPSA) is 77.3 Å². The van der Waals surface area contributed by atoms with Crippen LogP contribution in [0.5, 0.6) is 11.5 Å². The molecule has 0 aliphatic rings. The number of aromatic nitrogens is 1. The third kappa shape index (κ3) is 3.36. The minimum absolute atomic E-state index is 0.0814. The van der Waals surface area contributed by atoms with Gasteiger partial charge in [0.05, 0.1) is 23.0 Å². The summed E-state index contributed by atoms with van der Waals surface area (Å²) in [5, 5.41) is 14.4. The second kappa shape index (κ2) is 6.21. The van der Waals surface area contributed by atoms with E-state index in [1.54, 1.807) is 12.3 Å². The zero-order valence-electron chi connectivity index (χ0n) is 10.7. The lowest BCUT2D eigenvalue weighted by molar-refractivity contribution is -0.385. The fourth-order valence-electron chi connectivity index (χ4n) is 1.62. The molecule has 0 unspecified atom stereocenters. The van der Waals surface area contributed by atoms with Gasteiger partial charge >= 0.3 is 5.69 Å². The van der Waals surface area contributed by atoms with Crippen molar-refractivity contribution < 1.29 is 9.66 Å².